The molecule has 344 valence electrons. The summed E-state index contributed by atoms with van der Waals surface area (Å²) in [5.41, 5.74) is 35.8. The average Bonchev–Trinajstić information content (AvgIpc) is 4.29. The third-order valence-corrected chi connectivity index (χ3v) is 18.8. The van der Waals surface area contributed by atoms with Gasteiger partial charge in [0, 0.05) is 0 Å². The van der Waals surface area contributed by atoms with E-state index in [1.54, 1.807) is 0 Å². The summed E-state index contributed by atoms with van der Waals surface area (Å²) in [6.07, 6.45) is 0. The van der Waals surface area contributed by atoms with Crippen molar-refractivity contribution in [1.29, 1.82) is 0 Å². The lowest BCUT2D eigenvalue weighted by Gasteiger charge is -2.31. The molecule has 18 rings (SSSR count). The summed E-state index contributed by atoms with van der Waals surface area (Å²) < 4.78 is 0. The summed E-state index contributed by atoms with van der Waals surface area (Å²) in [6, 6.07) is 103. The highest BCUT2D eigenvalue weighted by Crippen LogP contribution is 2.68. The van der Waals surface area contributed by atoms with Gasteiger partial charge in [-0.25, -0.2) is 0 Å². The summed E-state index contributed by atoms with van der Waals surface area (Å²) >= 11 is 0. The van der Waals surface area contributed by atoms with E-state index in [4.69, 9.17) is 0 Å². The second kappa shape index (κ2) is 14.0. The van der Waals surface area contributed by atoms with Crippen molar-refractivity contribution in [2.75, 3.05) is 0 Å². The third kappa shape index (κ3) is 4.53. The lowest BCUT2D eigenvalue weighted by Crippen LogP contribution is -2.26. The quantitative estimate of drug-likeness (QED) is 0.162. The van der Waals surface area contributed by atoms with Gasteiger partial charge in [-0.3, -0.25) is 0 Å². The molecular weight excluding hydrogens is 901 g/mol. The number of hydrogen-bond acceptors (Lipinski definition) is 0. The number of benzene rings is 12. The Bertz CT molecular complexity index is 4180. The SMILES string of the molecule is c1ccc2c(c1)-c1ccccc1C21c2cc(-c3cccc4c3-c3ccccc3C43c4ccccc4-c4ccccc43)ccc2-c2ccc(-c3cccc4c3-c3ccccc3C43c4ccccc4-c4ccccc43)cc21. The topological polar surface area (TPSA) is 0 Å². The first-order valence-electron chi connectivity index (χ1n) is 26.6. The highest BCUT2D eigenvalue weighted by Gasteiger charge is 2.55. The summed E-state index contributed by atoms with van der Waals surface area (Å²) in [5.74, 6) is 0. The minimum Gasteiger partial charge on any atom is -0.0619 e. The fraction of sp³-hybridized carbons (Fsp3) is 0.0400. The third-order valence-electron chi connectivity index (χ3n) is 18.8. The van der Waals surface area contributed by atoms with E-state index in [1.807, 2.05) is 0 Å². The van der Waals surface area contributed by atoms with E-state index >= 15 is 0 Å². The molecule has 0 nitrogen and oxygen atoms in total. The molecule has 0 amide bonds. The van der Waals surface area contributed by atoms with Crippen molar-refractivity contribution in [3.63, 3.8) is 0 Å². The minimum atomic E-state index is -0.551. The van der Waals surface area contributed by atoms with E-state index in [1.165, 1.54) is 156 Å². The first kappa shape index (κ1) is 40.2. The van der Waals surface area contributed by atoms with Gasteiger partial charge in [-0.05, 0) is 168 Å². The Labute approximate surface area is 436 Å². The fourth-order valence-corrected chi connectivity index (χ4v) is 16.2. The maximum Gasteiger partial charge on any atom is 0.0725 e. The molecule has 0 fully saturated rings. The predicted molar refractivity (Wildman–Crippen MR) is 306 cm³/mol. The van der Waals surface area contributed by atoms with E-state index in [0.29, 0.717) is 0 Å². The van der Waals surface area contributed by atoms with Crippen molar-refractivity contribution in [3.05, 3.63) is 334 Å². The Morgan fingerprint density at radius 2 is 0.360 bits per heavy atom. The largest absolute Gasteiger partial charge is 0.0725 e. The molecule has 0 N–H and O–H groups in total. The van der Waals surface area contributed by atoms with Crippen LogP contribution in [0, 0.1) is 0 Å². The van der Waals surface area contributed by atoms with Gasteiger partial charge in [0.25, 0.3) is 0 Å². The van der Waals surface area contributed by atoms with Gasteiger partial charge in [-0.15, -0.1) is 0 Å². The summed E-state index contributed by atoms with van der Waals surface area (Å²) in [5, 5.41) is 0. The van der Waals surface area contributed by atoms with Gasteiger partial charge in [0.1, 0.15) is 0 Å². The van der Waals surface area contributed by atoms with Crippen molar-refractivity contribution in [3.8, 4) is 89.0 Å². The molecule has 75 heavy (non-hydrogen) atoms. The van der Waals surface area contributed by atoms with Gasteiger partial charge in [0.05, 0.1) is 16.2 Å². The second-order valence-corrected chi connectivity index (χ2v) is 21.6. The Kier molecular flexibility index (Phi) is 7.51. The zero-order valence-electron chi connectivity index (χ0n) is 40.9. The van der Waals surface area contributed by atoms with Crippen LogP contribution in [0.3, 0.4) is 0 Å². The molecule has 12 aromatic carbocycles. The van der Waals surface area contributed by atoms with Crippen LogP contribution >= 0.6 is 0 Å². The standard InChI is InChI=1S/C75H44/c1-9-29-59-49(19-1)50-20-2-10-30-60(50)73(59)65-35-15-7-25-57(65)71-47(27-17-37-67(71)73)45-39-41-55-56-42-40-46(44-70(56)75(69(55)43-45)63-33-13-5-23-53(63)54-24-6-14-34-64(54)75)48-28-18-38-68-72(48)58-26-8-16-36-66(58)74(68)61-31-11-3-21-51(61)52-22-4-12-32-62(52)74/h1-44H. The highest BCUT2D eigenvalue weighted by molar-refractivity contribution is 6.04. The molecule has 0 atom stereocenters. The molecule has 3 spiro atoms. The Hall–Kier alpha value is -9.36. The Balaban J connectivity index is 0.881. The van der Waals surface area contributed by atoms with Crippen LogP contribution in [-0.4, -0.2) is 0 Å². The Morgan fingerprint density at radius 1 is 0.147 bits per heavy atom. The first-order valence-corrected chi connectivity index (χ1v) is 26.6. The molecule has 6 aliphatic carbocycles. The van der Waals surface area contributed by atoms with E-state index in [2.05, 4.69) is 267 Å². The van der Waals surface area contributed by atoms with E-state index in [0.717, 1.165) is 0 Å². The van der Waals surface area contributed by atoms with Crippen molar-refractivity contribution in [2.45, 2.75) is 16.2 Å². The van der Waals surface area contributed by atoms with Crippen LogP contribution in [0.1, 0.15) is 66.8 Å². The van der Waals surface area contributed by atoms with Crippen molar-refractivity contribution in [2.24, 2.45) is 0 Å². The van der Waals surface area contributed by atoms with Crippen molar-refractivity contribution >= 4 is 0 Å². The molecule has 0 saturated carbocycles. The Morgan fingerprint density at radius 3 is 0.667 bits per heavy atom. The van der Waals surface area contributed by atoms with Crippen molar-refractivity contribution < 1.29 is 0 Å². The van der Waals surface area contributed by atoms with Crippen molar-refractivity contribution in [1.82, 2.24) is 0 Å². The summed E-state index contributed by atoms with van der Waals surface area (Å²) in [4.78, 5) is 0. The van der Waals surface area contributed by atoms with Gasteiger partial charge < -0.3 is 0 Å². The molecule has 0 heteroatoms. The number of fused-ring (bicyclic) bond motifs is 30. The van der Waals surface area contributed by atoms with Gasteiger partial charge >= 0.3 is 0 Å². The van der Waals surface area contributed by atoms with Gasteiger partial charge in [0.15, 0.2) is 0 Å². The maximum absolute atomic E-state index is 2.59. The molecular formula is C75H44. The van der Waals surface area contributed by atoms with Gasteiger partial charge in [-0.1, -0.05) is 255 Å². The predicted octanol–water partition coefficient (Wildman–Crippen LogP) is 18.1. The van der Waals surface area contributed by atoms with E-state index < -0.39 is 16.2 Å². The van der Waals surface area contributed by atoms with Gasteiger partial charge in [0.2, 0.25) is 0 Å². The van der Waals surface area contributed by atoms with Crippen LogP contribution in [0.25, 0.3) is 89.0 Å². The van der Waals surface area contributed by atoms with Crippen LogP contribution < -0.4 is 0 Å². The molecule has 0 aliphatic heterocycles. The van der Waals surface area contributed by atoms with Crippen LogP contribution in [-0.2, 0) is 16.2 Å². The molecule has 0 bridgehead atoms. The van der Waals surface area contributed by atoms with Crippen LogP contribution in [0.15, 0.2) is 267 Å². The fourth-order valence-electron chi connectivity index (χ4n) is 16.2. The van der Waals surface area contributed by atoms with Crippen LogP contribution in [0.4, 0.5) is 0 Å². The lowest BCUT2D eigenvalue weighted by molar-refractivity contribution is 0.793. The van der Waals surface area contributed by atoms with Crippen LogP contribution in [0.2, 0.25) is 0 Å². The molecule has 0 saturated heterocycles. The van der Waals surface area contributed by atoms with Crippen LogP contribution in [0.5, 0.6) is 0 Å². The molecule has 0 radical (unpaired) electrons. The zero-order chi connectivity index (χ0) is 48.8. The maximum atomic E-state index is 2.59. The number of hydrogen-bond donors (Lipinski definition) is 0. The average molecular weight is 945 g/mol. The molecule has 0 heterocycles. The summed E-state index contributed by atoms with van der Waals surface area (Å²) in [7, 11) is 0. The van der Waals surface area contributed by atoms with E-state index in [9.17, 15) is 0 Å². The monoisotopic (exact) mass is 944 g/mol. The number of rotatable bonds is 2. The van der Waals surface area contributed by atoms with Gasteiger partial charge in [-0.2, -0.15) is 0 Å². The molecule has 12 aromatic rings. The summed E-state index contributed by atoms with van der Waals surface area (Å²) in [6.45, 7) is 0. The molecule has 0 aromatic heterocycles. The smallest absolute Gasteiger partial charge is 0.0619 e. The minimum absolute atomic E-state index is 0.411. The first-order chi connectivity index (χ1) is 37.2. The second-order valence-electron chi connectivity index (χ2n) is 21.6. The zero-order valence-corrected chi connectivity index (χ0v) is 40.9. The molecule has 0 unspecified atom stereocenters. The highest BCUT2D eigenvalue weighted by atomic mass is 14.6. The lowest BCUT2D eigenvalue weighted by atomic mass is 9.69. The normalized spacial score (nSPS) is 15.3. The van der Waals surface area contributed by atoms with E-state index in [-0.39, 0.29) is 0 Å². The molecule has 6 aliphatic rings.